The van der Waals surface area contributed by atoms with Crippen LogP contribution >= 0.6 is 12.2 Å². The second-order valence-electron chi connectivity index (χ2n) is 5.19. The summed E-state index contributed by atoms with van der Waals surface area (Å²) in [7, 11) is 2.00. The van der Waals surface area contributed by atoms with E-state index < -0.39 is 0 Å². The molecule has 1 aromatic carbocycles. The Morgan fingerprint density at radius 1 is 1.44 bits per heavy atom. The molecule has 100 valence electrons. The zero-order valence-corrected chi connectivity index (χ0v) is 12.3. The molecule has 0 fully saturated rings. The van der Waals surface area contributed by atoms with Gasteiger partial charge in [-0.1, -0.05) is 19.1 Å². The molecule has 18 heavy (non-hydrogen) atoms. The zero-order chi connectivity index (χ0) is 13.9. The first-order valence-electron chi connectivity index (χ1n) is 6.07. The first kappa shape index (κ1) is 15.1. The highest BCUT2D eigenvalue weighted by atomic mass is 32.1. The Kier molecular flexibility index (Phi) is 4.82. The summed E-state index contributed by atoms with van der Waals surface area (Å²) in [5, 5.41) is 0. The molecule has 0 saturated heterocycles. The van der Waals surface area contributed by atoms with Crippen LogP contribution in [0.5, 0.6) is 0 Å². The van der Waals surface area contributed by atoms with Gasteiger partial charge in [0.05, 0.1) is 0 Å². The van der Waals surface area contributed by atoms with Gasteiger partial charge >= 0.3 is 0 Å². The van der Waals surface area contributed by atoms with Crippen molar-refractivity contribution in [3.8, 4) is 0 Å². The van der Waals surface area contributed by atoms with E-state index in [2.05, 4.69) is 25.7 Å². The van der Waals surface area contributed by atoms with Gasteiger partial charge in [0, 0.05) is 23.2 Å². The number of thiocarbonyl (C=S) groups is 1. The largest absolute Gasteiger partial charge is 0.389 e. The summed E-state index contributed by atoms with van der Waals surface area (Å²) < 4.78 is 13.8. The number of hydrogen-bond donors (Lipinski definition) is 1. The number of halogens is 1. The number of benzene rings is 1. The van der Waals surface area contributed by atoms with Crippen LogP contribution in [0.15, 0.2) is 18.2 Å². The number of hydrogen-bond acceptors (Lipinski definition) is 2. The van der Waals surface area contributed by atoms with Gasteiger partial charge in [0.15, 0.2) is 0 Å². The summed E-state index contributed by atoms with van der Waals surface area (Å²) in [5.74, 6) is -0.214. The van der Waals surface area contributed by atoms with Crippen LogP contribution < -0.4 is 5.73 Å². The van der Waals surface area contributed by atoms with E-state index in [1.165, 1.54) is 6.07 Å². The molecule has 0 aliphatic carbocycles. The molecule has 2 nitrogen and oxygen atoms in total. The number of rotatable bonds is 5. The van der Waals surface area contributed by atoms with Gasteiger partial charge < -0.3 is 5.73 Å². The molecule has 0 amide bonds. The van der Waals surface area contributed by atoms with Crippen molar-refractivity contribution >= 4 is 17.2 Å². The van der Waals surface area contributed by atoms with Crippen LogP contribution in [0.4, 0.5) is 4.39 Å². The monoisotopic (exact) mass is 268 g/mol. The molecule has 1 aromatic rings. The number of nitrogens with zero attached hydrogens (tertiary/aromatic N) is 1. The third kappa shape index (κ3) is 3.50. The van der Waals surface area contributed by atoms with Gasteiger partial charge in [-0.05, 0) is 45.5 Å². The van der Waals surface area contributed by atoms with Gasteiger partial charge in [0.2, 0.25) is 0 Å². The van der Waals surface area contributed by atoms with Crippen LogP contribution in [0.2, 0.25) is 0 Å². The maximum absolute atomic E-state index is 13.8. The Morgan fingerprint density at radius 3 is 2.56 bits per heavy atom. The molecule has 0 radical (unpaired) electrons. The molecular weight excluding hydrogens is 247 g/mol. The lowest BCUT2D eigenvalue weighted by atomic mass is 9.99. The fraction of sp³-hybridized carbons (Fsp3) is 0.500. The highest BCUT2D eigenvalue weighted by molar-refractivity contribution is 7.80. The molecule has 0 saturated carbocycles. The smallest absolute Gasteiger partial charge is 0.127 e. The highest BCUT2D eigenvalue weighted by Gasteiger charge is 2.22. The second kappa shape index (κ2) is 5.76. The van der Waals surface area contributed by atoms with Crippen LogP contribution in [0.1, 0.15) is 38.3 Å². The van der Waals surface area contributed by atoms with Gasteiger partial charge in [0.1, 0.15) is 10.8 Å². The molecule has 0 unspecified atom stereocenters. The lowest BCUT2D eigenvalue weighted by Gasteiger charge is -2.35. The maximum atomic E-state index is 13.8. The predicted molar refractivity (Wildman–Crippen MR) is 78.1 cm³/mol. The van der Waals surface area contributed by atoms with Crippen molar-refractivity contribution in [1.82, 2.24) is 4.90 Å². The van der Waals surface area contributed by atoms with E-state index in [4.69, 9.17) is 18.0 Å². The Labute approximate surface area is 114 Å². The van der Waals surface area contributed by atoms with Gasteiger partial charge in [-0.2, -0.15) is 0 Å². The summed E-state index contributed by atoms with van der Waals surface area (Å²) in [6.07, 6.45) is 1.00. The van der Waals surface area contributed by atoms with Crippen LogP contribution in [0.25, 0.3) is 0 Å². The normalized spacial score (nSPS) is 11.9. The van der Waals surface area contributed by atoms with E-state index in [9.17, 15) is 4.39 Å². The van der Waals surface area contributed by atoms with Crippen LogP contribution in [-0.4, -0.2) is 22.5 Å². The van der Waals surface area contributed by atoms with E-state index in [1.54, 1.807) is 12.1 Å². The minimum absolute atomic E-state index is 0.0334. The molecule has 0 spiro atoms. The summed E-state index contributed by atoms with van der Waals surface area (Å²) >= 11 is 4.92. The molecule has 0 heterocycles. The molecular formula is C14H21FN2S. The first-order valence-corrected chi connectivity index (χ1v) is 6.48. The fourth-order valence-corrected chi connectivity index (χ4v) is 1.72. The SMILES string of the molecule is CCC(C)(C)N(C)Cc1cc(C(N)=S)ccc1F. The quantitative estimate of drug-likeness (QED) is 0.832. The Hall–Kier alpha value is -1.00. The van der Waals surface area contributed by atoms with Crippen molar-refractivity contribution in [2.24, 2.45) is 5.73 Å². The van der Waals surface area contributed by atoms with Crippen molar-refractivity contribution in [2.75, 3.05) is 7.05 Å². The summed E-state index contributed by atoms with van der Waals surface area (Å²) in [6, 6.07) is 4.78. The van der Waals surface area contributed by atoms with Crippen molar-refractivity contribution in [3.05, 3.63) is 35.1 Å². The first-order chi connectivity index (χ1) is 8.27. The third-order valence-electron chi connectivity index (χ3n) is 3.64. The lowest BCUT2D eigenvalue weighted by molar-refractivity contribution is 0.141. The molecule has 0 atom stereocenters. The van der Waals surface area contributed by atoms with Gasteiger partial charge in [-0.25, -0.2) is 4.39 Å². The van der Waals surface area contributed by atoms with Crippen molar-refractivity contribution < 1.29 is 4.39 Å². The highest BCUT2D eigenvalue weighted by Crippen LogP contribution is 2.21. The van der Waals surface area contributed by atoms with Gasteiger partial charge in [-0.3, -0.25) is 4.90 Å². The lowest BCUT2D eigenvalue weighted by Crippen LogP contribution is -2.40. The van der Waals surface area contributed by atoms with E-state index in [-0.39, 0.29) is 11.4 Å². The van der Waals surface area contributed by atoms with E-state index in [0.717, 1.165) is 6.42 Å². The zero-order valence-electron chi connectivity index (χ0n) is 11.5. The van der Waals surface area contributed by atoms with Gasteiger partial charge in [0.25, 0.3) is 0 Å². The topological polar surface area (TPSA) is 29.3 Å². The third-order valence-corrected chi connectivity index (χ3v) is 3.87. The summed E-state index contributed by atoms with van der Waals surface area (Å²) in [4.78, 5) is 2.43. The minimum atomic E-state index is -0.214. The number of nitrogens with two attached hydrogens (primary N) is 1. The van der Waals surface area contributed by atoms with E-state index >= 15 is 0 Å². The van der Waals surface area contributed by atoms with E-state index in [0.29, 0.717) is 22.7 Å². The Bertz CT molecular complexity index is 443. The Morgan fingerprint density at radius 2 is 2.06 bits per heavy atom. The van der Waals surface area contributed by atoms with Crippen molar-refractivity contribution in [3.63, 3.8) is 0 Å². The molecule has 0 aliphatic rings. The molecule has 4 heteroatoms. The van der Waals surface area contributed by atoms with Crippen LogP contribution in [0, 0.1) is 5.82 Å². The summed E-state index contributed by atoms with van der Waals surface area (Å²) in [5.41, 5.74) is 6.95. The van der Waals surface area contributed by atoms with Crippen LogP contribution in [0.3, 0.4) is 0 Å². The second-order valence-corrected chi connectivity index (χ2v) is 5.63. The minimum Gasteiger partial charge on any atom is -0.389 e. The summed E-state index contributed by atoms with van der Waals surface area (Å²) in [6.45, 7) is 6.95. The Balaban J connectivity index is 2.97. The van der Waals surface area contributed by atoms with Crippen molar-refractivity contribution in [1.29, 1.82) is 0 Å². The molecule has 0 aromatic heterocycles. The average molecular weight is 268 g/mol. The average Bonchev–Trinajstić information content (AvgIpc) is 2.31. The molecule has 0 bridgehead atoms. The predicted octanol–water partition coefficient (Wildman–Crippen LogP) is 3.08. The maximum Gasteiger partial charge on any atom is 0.127 e. The van der Waals surface area contributed by atoms with Crippen LogP contribution in [-0.2, 0) is 6.54 Å². The standard InChI is InChI=1S/C14H21FN2S/c1-5-14(2,3)17(4)9-11-8-10(13(16)18)6-7-12(11)15/h6-8H,5,9H2,1-4H3,(H2,16,18). The van der Waals surface area contributed by atoms with Crippen molar-refractivity contribution in [2.45, 2.75) is 39.3 Å². The molecule has 0 aliphatic heterocycles. The molecule has 1 rings (SSSR count). The fourth-order valence-electron chi connectivity index (χ4n) is 1.59. The van der Waals surface area contributed by atoms with E-state index in [1.807, 2.05) is 7.05 Å². The van der Waals surface area contributed by atoms with Gasteiger partial charge in [-0.15, -0.1) is 0 Å². The molecule has 2 N–H and O–H groups in total.